The predicted octanol–water partition coefficient (Wildman–Crippen LogP) is 7.08. The van der Waals surface area contributed by atoms with Gasteiger partial charge in [-0.3, -0.25) is 9.97 Å². The Morgan fingerprint density at radius 2 is 1.05 bits per heavy atom. The van der Waals surface area contributed by atoms with Crippen LogP contribution in [-0.4, -0.2) is 64.5 Å². The molecule has 0 atom stereocenters. The van der Waals surface area contributed by atoms with Gasteiger partial charge < -0.3 is 30.0 Å². The minimum absolute atomic E-state index is 0. The summed E-state index contributed by atoms with van der Waals surface area (Å²) in [5.41, 5.74) is 6.38. The van der Waals surface area contributed by atoms with Gasteiger partial charge in [0.2, 0.25) is 0 Å². The molecule has 2 aliphatic carbocycles. The number of rotatable bonds is 8. The maximum atomic E-state index is 11.0. The summed E-state index contributed by atoms with van der Waals surface area (Å²) in [5.74, 6) is 0.552. The third-order valence-corrected chi connectivity index (χ3v) is 8.17. The van der Waals surface area contributed by atoms with E-state index in [0.29, 0.717) is 12.8 Å². The van der Waals surface area contributed by atoms with E-state index in [1.165, 1.54) is 73.9 Å². The zero-order valence-electron chi connectivity index (χ0n) is 37.4. The minimum atomic E-state index is -1.06. The van der Waals surface area contributed by atoms with Gasteiger partial charge in [-0.05, 0) is 175 Å². The molecule has 5 rings (SSSR count). The number of hydrogen-bond donors (Lipinski definition) is 1. The Morgan fingerprint density at radius 3 is 1.36 bits per heavy atom. The second kappa shape index (κ2) is 28.6. The van der Waals surface area contributed by atoms with Crippen molar-refractivity contribution in [2.24, 2.45) is 0 Å². The quantitative estimate of drug-likeness (QED) is 0.128. The van der Waals surface area contributed by atoms with E-state index >= 15 is 0 Å². The number of Topliss-reactive ketones (excluding diaryl/α,β-unsaturated/α-hetero) is 2. The molecule has 10 nitrogen and oxygen atoms in total. The molecule has 0 radical (unpaired) electrons. The molecule has 1 fully saturated rings. The Labute approximate surface area is 351 Å². The van der Waals surface area contributed by atoms with Gasteiger partial charge in [-0.2, -0.15) is 12.6 Å². The van der Waals surface area contributed by atoms with Crippen molar-refractivity contribution in [2.75, 3.05) is 19.4 Å². The van der Waals surface area contributed by atoms with Crippen LogP contribution in [0.3, 0.4) is 0 Å². The van der Waals surface area contributed by atoms with Crippen molar-refractivity contribution in [2.45, 2.75) is 169 Å². The van der Waals surface area contributed by atoms with Crippen LogP contribution < -0.4 is 18.9 Å². The van der Waals surface area contributed by atoms with E-state index in [2.05, 4.69) is 41.6 Å². The Kier molecular flexibility index (Phi) is 26.2. The molecular formula is C43H69LiN2O8S. The van der Waals surface area contributed by atoms with E-state index in [4.69, 9.17) is 25.5 Å². The summed E-state index contributed by atoms with van der Waals surface area (Å²) < 4.78 is 24.8. The van der Waals surface area contributed by atoms with E-state index in [1.54, 1.807) is 55.4 Å². The molecule has 12 heteroatoms. The number of carbonyl (C=O) groups excluding carboxylic acids is 4. The summed E-state index contributed by atoms with van der Waals surface area (Å²) in [4.78, 5) is 53.1. The van der Waals surface area contributed by atoms with Crippen LogP contribution in [0.5, 0.6) is 0 Å². The monoisotopic (exact) mass is 781 g/mol. The maximum absolute atomic E-state index is 11.0. The van der Waals surface area contributed by atoms with Gasteiger partial charge in [0, 0.05) is 50.2 Å². The Balaban J connectivity index is 0. The molecule has 0 saturated carbocycles. The second-order valence-corrected chi connectivity index (χ2v) is 15.7. The third-order valence-electron chi connectivity index (χ3n) is 8.17. The van der Waals surface area contributed by atoms with Crippen LogP contribution in [0, 0.1) is 0 Å². The fourth-order valence-corrected chi connectivity index (χ4v) is 5.69. The summed E-state index contributed by atoms with van der Waals surface area (Å²) in [7, 11) is 0. The van der Waals surface area contributed by atoms with Gasteiger partial charge in [0.25, 0.3) is 0 Å². The van der Waals surface area contributed by atoms with Crippen LogP contribution in [-0.2, 0) is 67.1 Å². The van der Waals surface area contributed by atoms with Crippen molar-refractivity contribution in [1.82, 2.24) is 9.97 Å². The first-order valence-corrected chi connectivity index (χ1v) is 20.1. The molecule has 2 aromatic rings. The Bertz CT molecular complexity index is 1350. The zero-order chi connectivity index (χ0) is 41.3. The molecule has 0 spiro atoms. The number of thiol groups is 1. The number of aromatic nitrogens is 2. The van der Waals surface area contributed by atoms with E-state index in [-0.39, 0.29) is 38.1 Å². The number of fused-ring (bicyclic) bond motifs is 2. The van der Waals surface area contributed by atoms with Crippen LogP contribution in [0.15, 0.2) is 24.3 Å². The molecule has 1 aliphatic heterocycles. The van der Waals surface area contributed by atoms with Crippen LogP contribution in [0.2, 0.25) is 0 Å². The number of nitrogens with zero attached hydrogens (tertiary/aromatic N) is 2. The van der Waals surface area contributed by atoms with Gasteiger partial charge in [-0.15, -0.1) is 0 Å². The van der Waals surface area contributed by atoms with Gasteiger partial charge in [0.15, 0.2) is 0 Å². The molecule has 306 valence electrons. The third kappa shape index (κ3) is 26.7. The fourth-order valence-electron chi connectivity index (χ4n) is 5.69. The minimum Gasteiger partial charge on any atom is -1.00 e. The van der Waals surface area contributed by atoms with Gasteiger partial charge in [0.05, 0.1) is 0 Å². The summed E-state index contributed by atoms with van der Waals surface area (Å²) >= 11 is 3.46. The van der Waals surface area contributed by atoms with Crippen molar-refractivity contribution >= 4 is 36.5 Å². The van der Waals surface area contributed by atoms with Crippen molar-refractivity contribution in [3.63, 3.8) is 0 Å². The molecule has 1 saturated heterocycles. The first-order valence-electron chi connectivity index (χ1n) is 20.2. The smallest absolute Gasteiger partial charge is 1.00 e. The largest absolute Gasteiger partial charge is 1.00 e. The number of hydrogen-bond acceptors (Lipinski definition) is 11. The van der Waals surface area contributed by atoms with Gasteiger partial charge in [-0.1, -0.05) is 12.1 Å². The average Bonchev–Trinajstić information content (AvgIpc) is 3.68. The van der Waals surface area contributed by atoms with Crippen LogP contribution in [0.4, 0.5) is 9.59 Å². The molecular weight excluding hydrogens is 711 g/mol. The molecule has 2 aromatic heterocycles. The molecule has 0 aromatic carbocycles. The summed E-state index contributed by atoms with van der Waals surface area (Å²) in [5, 5.41) is 0. The number of ether oxygens (including phenoxy) is 4. The number of pyridine rings is 2. The summed E-state index contributed by atoms with van der Waals surface area (Å²) in [6, 6.07) is 8.71. The average molecular weight is 782 g/mol. The van der Waals surface area contributed by atoms with Crippen LogP contribution in [0.1, 0.15) is 156 Å². The SMILES string of the molecule is C1CCOC1.CC(=O)CCCc1ccc2c(n1)CCCC2.CC(=O)CCCc1ccc2c(n1)CCCC2.CC(C)(C)OC(=O)OC(=O)OC(C)(C)C.[2H]CS.[H-].[Li+]. The van der Waals surface area contributed by atoms with E-state index in [1.807, 2.05) is 0 Å². The Morgan fingerprint density at radius 1 is 0.691 bits per heavy atom. The van der Waals surface area contributed by atoms with Crippen LogP contribution >= 0.6 is 12.6 Å². The molecule has 0 amide bonds. The van der Waals surface area contributed by atoms with Crippen molar-refractivity contribution in [3.05, 3.63) is 58.2 Å². The first kappa shape index (κ1) is 50.3. The van der Waals surface area contributed by atoms with Crippen molar-refractivity contribution < 1.29 is 59.8 Å². The summed E-state index contributed by atoms with van der Waals surface area (Å²) in [6.07, 6.45) is 15.5. The number of aryl methyl sites for hydroxylation is 6. The topological polar surface area (TPSA) is 131 Å². The summed E-state index contributed by atoms with van der Waals surface area (Å²) in [6.45, 7) is 15.3. The van der Waals surface area contributed by atoms with E-state index in [9.17, 15) is 19.2 Å². The molecule has 0 bridgehead atoms. The molecule has 3 heterocycles. The second-order valence-electron chi connectivity index (χ2n) is 15.7. The molecule has 55 heavy (non-hydrogen) atoms. The maximum Gasteiger partial charge on any atom is 1.00 e. The van der Waals surface area contributed by atoms with Gasteiger partial charge >= 0.3 is 31.2 Å². The van der Waals surface area contributed by atoms with E-state index in [0.717, 1.165) is 63.1 Å². The van der Waals surface area contributed by atoms with E-state index < -0.39 is 23.5 Å². The standard InChI is InChI=1S/2C14H19NO.C10H18O5.C4H8O.CH4S.Li.H/c2*1-11(16)5-4-7-13-10-9-12-6-2-3-8-14(12)15-13;1-9(2,3)14-7(11)13-8(12)15-10(4,5)6;1-2-4-5-3-1;1-2;;/h2*9-10H,2-8H2,1H3;1-6H3;1-4H2;2H,1H3;;/q;;;;;+1;-1/i;;;;1D;;. The normalized spacial score (nSPS) is 14.2. The van der Waals surface area contributed by atoms with Crippen molar-refractivity contribution in [1.29, 1.82) is 0 Å². The van der Waals surface area contributed by atoms with Crippen molar-refractivity contribution in [3.8, 4) is 0 Å². The van der Waals surface area contributed by atoms with Gasteiger partial charge in [-0.25, -0.2) is 9.59 Å². The zero-order valence-corrected chi connectivity index (χ0v) is 36.2. The first-order chi connectivity index (χ1) is 25.9. The number of ketones is 2. The molecule has 3 aliphatic rings. The molecule has 0 N–H and O–H groups in total. The van der Waals surface area contributed by atoms with Gasteiger partial charge in [0.1, 0.15) is 22.8 Å². The predicted molar refractivity (Wildman–Crippen MR) is 219 cm³/mol. The Hall–Kier alpha value is -2.71. The number of carbonyl (C=O) groups is 4. The van der Waals surface area contributed by atoms with Crippen LogP contribution in [0.25, 0.3) is 0 Å². The molecule has 0 unspecified atom stereocenters. The fraction of sp³-hybridized carbons (Fsp3) is 0.674.